The van der Waals surface area contributed by atoms with Gasteiger partial charge in [-0.05, 0) is 18.6 Å². The van der Waals surface area contributed by atoms with Crippen LogP contribution in [-0.2, 0) is 13.7 Å². The molecule has 86 valence electrons. The molecule has 0 fully saturated rings. The number of rotatable bonds is 2. The number of aromatic nitrogens is 3. The third-order valence-corrected chi connectivity index (χ3v) is 2.55. The van der Waals surface area contributed by atoms with E-state index in [1.165, 1.54) is 6.20 Å². The van der Waals surface area contributed by atoms with Gasteiger partial charge in [-0.15, -0.1) is 0 Å². The van der Waals surface area contributed by atoms with Gasteiger partial charge in [-0.2, -0.15) is 5.26 Å². The summed E-state index contributed by atoms with van der Waals surface area (Å²) in [4.78, 5) is 8.46. The third kappa shape index (κ3) is 2.03. The van der Waals surface area contributed by atoms with Crippen molar-refractivity contribution in [3.05, 3.63) is 35.3 Å². The van der Waals surface area contributed by atoms with Crippen LogP contribution in [0.15, 0.2) is 18.5 Å². The average Bonchev–Trinajstić information content (AvgIpc) is 2.70. The average molecular weight is 228 g/mol. The molecule has 0 unspecified atom stereocenters. The maximum atomic E-state index is 9.02. The maximum Gasteiger partial charge on any atom is 0.158 e. The Bertz CT molecular complexity index is 595. The SMILES string of the molecule is Cc1cc(-c2nc(CO)cn2C)ncc1C#N. The third-order valence-electron chi connectivity index (χ3n) is 2.55. The highest BCUT2D eigenvalue weighted by Crippen LogP contribution is 2.18. The first-order valence-corrected chi connectivity index (χ1v) is 5.16. The predicted molar refractivity (Wildman–Crippen MR) is 61.8 cm³/mol. The monoisotopic (exact) mass is 228 g/mol. The molecule has 0 bridgehead atoms. The number of pyridine rings is 1. The minimum atomic E-state index is -0.0941. The number of aliphatic hydroxyl groups excluding tert-OH is 1. The minimum Gasteiger partial charge on any atom is -0.390 e. The van der Waals surface area contributed by atoms with Crippen LogP contribution in [-0.4, -0.2) is 19.6 Å². The summed E-state index contributed by atoms with van der Waals surface area (Å²) in [7, 11) is 1.84. The minimum absolute atomic E-state index is 0.0941. The summed E-state index contributed by atoms with van der Waals surface area (Å²) in [6, 6.07) is 3.90. The predicted octanol–water partition coefficient (Wildman–Crippen LogP) is 1.15. The lowest BCUT2D eigenvalue weighted by molar-refractivity contribution is 0.277. The van der Waals surface area contributed by atoms with E-state index in [0.29, 0.717) is 22.8 Å². The molecule has 0 saturated heterocycles. The van der Waals surface area contributed by atoms with Crippen molar-refractivity contribution < 1.29 is 5.11 Å². The van der Waals surface area contributed by atoms with Gasteiger partial charge in [-0.1, -0.05) is 0 Å². The number of nitrogens with zero attached hydrogens (tertiary/aromatic N) is 4. The second-order valence-corrected chi connectivity index (χ2v) is 3.82. The van der Waals surface area contributed by atoms with E-state index in [1.807, 2.05) is 20.0 Å². The Balaban J connectivity index is 2.50. The second kappa shape index (κ2) is 4.36. The summed E-state index contributed by atoms with van der Waals surface area (Å²) in [5, 5.41) is 17.9. The lowest BCUT2D eigenvalue weighted by Gasteiger charge is -2.02. The normalized spacial score (nSPS) is 10.2. The summed E-state index contributed by atoms with van der Waals surface area (Å²) in [5.41, 5.74) is 2.73. The van der Waals surface area contributed by atoms with Crippen molar-refractivity contribution in [3.8, 4) is 17.6 Å². The second-order valence-electron chi connectivity index (χ2n) is 3.82. The largest absolute Gasteiger partial charge is 0.390 e. The highest BCUT2D eigenvalue weighted by Gasteiger charge is 2.10. The van der Waals surface area contributed by atoms with Crippen molar-refractivity contribution in [2.45, 2.75) is 13.5 Å². The fraction of sp³-hybridized carbons (Fsp3) is 0.250. The fourth-order valence-electron chi connectivity index (χ4n) is 1.64. The molecule has 0 aliphatic heterocycles. The Morgan fingerprint density at radius 1 is 1.53 bits per heavy atom. The van der Waals surface area contributed by atoms with E-state index in [4.69, 9.17) is 10.4 Å². The van der Waals surface area contributed by atoms with Gasteiger partial charge < -0.3 is 9.67 Å². The molecule has 0 amide bonds. The van der Waals surface area contributed by atoms with Gasteiger partial charge in [-0.3, -0.25) is 4.98 Å². The van der Waals surface area contributed by atoms with Crippen LogP contribution in [0.1, 0.15) is 16.8 Å². The highest BCUT2D eigenvalue weighted by molar-refractivity contribution is 5.54. The van der Waals surface area contributed by atoms with Gasteiger partial charge in [-0.25, -0.2) is 4.98 Å². The molecule has 0 atom stereocenters. The highest BCUT2D eigenvalue weighted by atomic mass is 16.3. The number of hydrogen-bond acceptors (Lipinski definition) is 4. The molecule has 1 N–H and O–H groups in total. The van der Waals surface area contributed by atoms with Gasteiger partial charge in [0.2, 0.25) is 0 Å². The van der Waals surface area contributed by atoms with E-state index in [9.17, 15) is 0 Å². The van der Waals surface area contributed by atoms with Gasteiger partial charge in [0.15, 0.2) is 5.82 Å². The van der Waals surface area contributed by atoms with E-state index in [1.54, 1.807) is 10.8 Å². The van der Waals surface area contributed by atoms with Crippen molar-refractivity contribution >= 4 is 0 Å². The fourth-order valence-corrected chi connectivity index (χ4v) is 1.64. The van der Waals surface area contributed by atoms with E-state index in [2.05, 4.69) is 16.0 Å². The smallest absolute Gasteiger partial charge is 0.158 e. The molecule has 0 spiro atoms. The number of aryl methyl sites for hydroxylation is 2. The van der Waals surface area contributed by atoms with Crippen molar-refractivity contribution in [3.63, 3.8) is 0 Å². The first-order chi connectivity index (χ1) is 8.15. The van der Waals surface area contributed by atoms with Crippen LogP contribution < -0.4 is 0 Å². The van der Waals surface area contributed by atoms with Gasteiger partial charge in [0.1, 0.15) is 11.8 Å². The van der Waals surface area contributed by atoms with Crippen LogP contribution in [0.2, 0.25) is 0 Å². The first-order valence-electron chi connectivity index (χ1n) is 5.16. The van der Waals surface area contributed by atoms with E-state index in [-0.39, 0.29) is 6.61 Å². The van der Waals surface area contributed by atoms with E-state index < -0.39 is 0 Å². The Morgan fingerprint density at radius 3 is 2.82 bits per heavy atom. The molecular weight excluding hydrogens is 216 g/mol. The molecule has 0 aromatic carbocycles. The van der Waals surface area contributed by atoms with Gasteiger partial charge in [0.05, 0.1) is 17.9 Å². The molecule has 0 radical (unpaired) electrons. The number of nitriles is 1. The van der Waals surface area contributed by atoms with E-state index >= 15 is 0 Å². The quantitative estimate of drug-likeness (QED) is 0.836. The standard InChI is InChI=1S/C12H12N4O/c1-8-3-11(14-5-9(8)4-13)12-15-10(7-17)6-16(12)2/h3,5-6,17H,7H2,1-2H3. The zero-order chi connectivity index (χ0) is 12.4. The van der Waals surface area contributed by atoms with Gasteiger partial charge >= 0.3 is 0 Å². The molecule has 2 heterocycles. The molecule has 17 heavy (non-hydrogen) atoms. The Morgan fingerprint density at radius 2 is 2.29 bits per heavy atom. The summed E-state index contributed by atoms with van der Waals surface area (Å²) in [6.45, 7) is 1.77. The van der Waals surface area contributed by atoms with Crippen LogP contribution in [0, 0.1) is 18.3 Å². The Hall–Kier alpha value is -2.19. The topological polar surface area (TPSA) is 74.7 Å². The molecule has 5 heteroatoms. The number of imidazole rings is 1. The summed E-state index contributed by atoms with van der Waals surface area (Å²) < 4.78 is 1.80. The van der Waals surface area contributed by atoms with Crippen LogP contribution in [0.25, 0.3) is 11.5 Å². The molecule has 2 rings (SSSR count). The van der Waals surface area contributed by atoms with Crippen LogP contribution >= 0.6 is 0 Å². The molecule has 0 aliphatic rings. The van der Waals surface area contributed by atoms with E-state index in [0.717, 1.165) is 5.56 Å². The van der Waals surface area contributed by atoms with Gasteiger partial charge in [0, 0.05) is 19.4 Å². The van der Waals surface area contributed by atoms with Crippen molar-refractivity contribution in [1.29, 1.82) is 5.26 Å². The first kappa shape index (κ1) is 11.3. The molecule has 5 nitrogen and oxygen atoms in total. The van der Waals surface area contributed by atoms with Gasteiger partial charge in [0.25, 0.3) is 0 Å². The summed E-state index contributed by atoms with van der Waals surface area (Å²) in [5.74, 6) is 0.682. The molecule has 2 aromatic rings. The molecule has 0 aliphatic carbocycles. The molecule has 0 saturated carbocycles. The Labute approximate surface area is 99.0 Å². The van der Waals surface area contributed by atoms with Crippen LogP contribution in [0.5, 0.6) is 0 Å². The van der Waals surface area contributed by atoms with Crippen molar-refractivity contribution in [1.82, 2.24) is 14.5 Å². The summed E-state index contributed by atoms with van der Waals surface area (Å²) >= 11 is 0. The zero-order valence-corrected chi connectivity index (χ0v) is 9.68. The Kier molecular flexibility index (Phi) is 2.90. The number of aliphatic hydroxyl groups is 1. The molecule has 2 aromatic heterocycles. The summed E-state index contributed by atoms with van der Waals surface area (Å²) in [6.07, 6.45) is 3.29. The van der Waals surface area contributed by atoms with Crippen LogP contribution in [0.4, 0.5) is 0 Å². The molecular formula is C12H12N4O. The zero-order valence-electron chi connectivity index (χ0n) is 9.68. The number of hydrogen-bond donors (Lipinski definition) is 1. The lowest BCUT2D eigenvalue weighted by atomic mass is 10.1. The van der Waals surface area contributed by atoms with Crippen molar-refractivity contribution in [2.75, 3.05) is 0 Å². The van der Waals surface area contributed by atoms with Crippen LogP contribution in [0.3, 0.4) is 0 Å². The van der Waals surface area contributed by atoms with Crippen molar-refractivity contribution in [2.24, 2.45) is 7.05 Å². The maximum absolute atomic E-state index is 9.02. The lowest BCUT2D eigenvalue weighted by Crippen LogP contribution is -1.95.